The van der Waals surface area contributed by atoms with E-state index >= 15 is 0 Å². The predicted octanol–water partition coefficient (Wildman–Crippen LogP) is 2.29. The van der Waals surface area contributed by atoms with E-state index in [1.165, 1.54) is 31.2 Å². The van der Waals surface area contributed by atoms with E-state index in [2.05, 4.69) is 14.7 Å². The van der Waals surface area contributed by atoms with Crippen LogP contribution >= 0.6 is 0 Å². The monoisotopic (exact) mass is 343 g/mol. The van der Waals surface area contributed by atoms with Crippen LogP contribution in [-0.4, -0.2) is 30.7 Å². The molecule has 0 amide bonds. The quantitative estimate of drug-likeness (QED) is 0.672. The molecule has 0 radical (unpaired) electrons. The van der Waals surface area contributed by atoms with Crippen molar-refractivity contribution in [2.45, 2.75) is 18.2 Å². The van der Waals surface area contributed by atoms with E-state index in [1.807, 2.05) is 24.3 Å². The Kier molecular flexibility index (Phi) is 4.46. The lowest BCUT2D eigenvalue weighted by atomic mass is 10.2. The topological polar surface area (TPSA) is 91.9 Å². The molecule has 0 unspecified atom stereocenters. The molecule has 2 aromatic carbocycles. The number of aromatic nitrogens is 2. The number of nitrogens with zero attached hydrogens (tertiary/aromatic N) is 1. The Labute approximate surface area is 140 Å². The summed E-state index contributed by atoms with van der Waals surface area (Å²) in [4.78, 5) is 18.9. The van der Waals surface area contributed by atoms with Crippen molar-refractivity contribution in [3.63, 3.8) is 0 Å². The van der Waals surface area contributed by atoms with Crippen LogP contribution in [0.5, 0.6) is 0 Å². The van der Waals surface area contributed by atoms with E-state index in [4.69, 9.17) is 0 Å². The third kappa shape index (κ3) is 3.52. The van der Waals surface area contributed by atoms with E-state index in [1.54, 1.807) is 0 Å². The smallest absolute Gasteiger partial charge is 0.240 e. The Hall–Kier alpha value is -2.51. The summed E-state index contributed by atoms with van der Waals surface area (Å²) in [6.45, 7) is 1.67. The molecule has 0 fully saturated rings. The number of hydrogen-bond donors (Lipinski definition) is 2. The zero-order valence-electron chi connectivity index (χ0n) is 13.1. The van der Waals surface area contributed by atoms with Crippen molar-refractivity contribution in [2.75, 3.05) is 6.54 Å². The number of nitrogens with one attached hydrogen (secondary N) is 2. The van der Waals surface area contributed by atoms with Gasteiger partial charge < -0.3 is 4.98 Å². The summed E-state index contributed by atoms with van der Waals surface area (Å²) >= 11 is 0. The van der Waals surface area contributed by atoms with Gasteiger partial charge in [0.2, 0.25) is 10.0 Å². The van der Waals surface area contributed by atoms with Gasteiger partial charge in [-0.25, -0.2) is 18.1 Å². The number of sulfonamides is 1. The molecule has 3 aromatic rings. The molecule has 0 aliphatic rings. The van der Waals surface area contributed by atoms with Gasteiger partial charge in [-0.3, -0.25) is 4.79 Å². The van der Waals surface area contributed by atoms with Gasteiger partial charge in [0.1, 0.15) is 5.82 Å². The molecule has 0 saturated carbocycles. The lowest BCUT2D eigenvalue weighted by Crippen LogP contribution is -2.26. The van der Waals surface area contributed by atoms with Gasteiger partial charge in [-0.15, -0.1) is 0 Å². The van der Waals surface area contributed by atoms with Gasteiger partial charge in [0, 0.05) is 18.5 Å². The van der Waals surface area contributed by atoms with Gasteiger partial charge in [-0.2, -0.15) is 0 Å². The first-order valence-corrected chi connectivity index (χ1v) is 8.98. The van der Waals surface area contributed by atoms with E-state index < -0.39 is 10.0 Å². The van der Waals surface area contributed by atoms with E-state index in [-0.39, 0.29) is 17.2 Å². The molecule has 0 atom stereocenters. The first-order valence-electron chi connectivity index (χ1n) is 7.50. The van der Waals surface area contributed by atoms with Crippen LogP contribution in [0.25, 0.3) is 11.0 Å². The highest BCUT2D eigenvalue weighted by Crippen LogP contribution is 2.12. The SMILES string of the molecule is CC(=O)c1ccc(S(=O)(=O)NCCc2nc3ccccc3[nH]2)cc1. The summed E-state index contributed by atoms with van der Waals surface area (Å²) in [7, 11) is -3.61. The first kappa shape index (κ1) is 16.4. The fourth-order valence-electron chi connectivity index (χ4n) is 2.38. The van der Waals surface area contributed by atoms with Crippen molar-refractivity contribution in [3.8, 4) is 0 Å². The van der Waals surface area contributed by atoms with Gasteiger partial charge in [-0.05, 0) is 31.2 Å². The predicted molar refractivity (Wildman–Crippen MR) is 91.4 cm³/mol. The number of benzene rings is 2. The van der Waals surface area contributed by atoms with E-state index in [0.717, 1.165) is 16.9 Å². The molecule has 0 spiro atoms. The van der Waals surface area contributed by atoms with Crippen molar-refractivity contribution in [3.05, 3.63) is 59.9 Å². The number of carbonyl (C=O) groups excluding carboxylic acids is 1. The van der Waals surface area contributed by atoms with Gasteiger partial charge in [0.15, 0.2) is 5.78 Å². The zero-order valence-corrected chi connectivity index (χ0v) is 13.9. The Morgan fingerprint density at radius 1 is 1.12 bits per heavy atom. The first-order chi connectivity index (χ1) is 11.5. The van der Waals surface area contributed by atoms with Crippen LogP contribution in [0.1, 0.15) is 23.1 Å². The summed E-state index contributed by atoms with van der Waals surface area (Å²) in [5.41, 5.74) is 2.27. The summed E-state index contributed by atoms with van der Waals surface area (Å²) in [5.74, 6) is 0.627. The van der Waals surface area contributed by atoms with Gasteiger partial charge in [-0.1, -0.05) is 24.3 Å². The normalized spacial score (nSPS) is 11.7. The lowest BCUT2D eigenvalue weighted by molar-refractivity contribution is 0.101. The van der Waals surface area contributed by atoms with Crippen molar-refractivity contribution in [1.29, 1.82) is 0 Å². The standard InChI is InChI=1S/C17H17N3O3S/c1-12(21)13-6-8-14(9-7-13)24(22,23)18-11-10-17-19-15-4-2-3-5-16(15)20-17/h2-9,18H,10-11H2,1H3,(H,19,20). The third-order valence-electron chi connectivity index (χ3n) is 3.66. The minimum absolute atomic E-state index is 0.100. The Morgan fingerprint density at radius 2 is 1.83 bits per heavy atom. The molecule has 124 valence electrons. The van der Waals surface area contributed by atoms with Crippen LogP contribution in [0.3, 0.4) is 0 Å². The lowest BCUT2D eigenvalue weighted by Gasteiger charge is -2.06. The fraction of sp³-hybridized carbons (Fsp3) is 0.176. The highest BCUT2D eigenvalue weighted by Gasteiger charge is 2.14. The van der Waals surface area contributed by atoms with Gasteiger partial charge in [0.25, 0.3) is 0 Å². The second-order valence-corrected chi connectivity index (χ2v) is 7.20. The molecule has 1 aromatic heterocycles. The largest absolute Gasteiger partial charge is 0.342 e. The van der Waals surface area contributed by atoms with Crippen LogP contribution in [0.4, 0.5) is 0 Å². The summed E-state index contributed by atoms with van der Waals surface area (Å²) in [5, 5.41) is 0. The highest BCUT2D eigenvalue weighted by atomic mass is 32.2. The van der Waals surface area contributed by atoms with Gasteiger partial charge >= 0.3 is 0 Å². The number of carbonyl (C=O) groups is 1. The summed E-state index contributed by atoms with van der Waals surface area (Å²) < 4.78 is 27.0. The molecule has 2 N–H and O–H groups in total. The fourth-order valence-corrected chi connectivity index (χ4v) is 3.41. The van der Waals surface area contributed by atoms with Crippen LogP contribution in [0, 0.1) is 0 Å². The number of hydrogen-bond acceptors (Lipinski definition) is 4. The molecule has 3 rings (SSSR count). The molecule has 24 heavy (non-hydrogen) atoms. The third-order valence-corrected chi connectivity index (χ3v) is 5.14. The number of H-pyrrole nitrogens is 1. The van der Waals surface area contributed by atoms with Crippen LogP contribution in [0.2, 0.25) is 0 Å². The maximum absolute atomic E-state index is 12.2. The van der Waals surface area contributed by atoms with Gasteiger partial charge in [0.05, 0.1) is 15.9 Å². The van der Waals surface area contributed by atoms with Crippen molar-refractivity contribution >= 4 is 26.8 Å². The van der Waals surface area contributed by atoms with Crippen LogP contribution in [0.15, 0.2) is 53.4 Å². The van der Waals surface area contributed by atoms with E-state index in [0.29, 0.717) is 12.0 Å². The number of rotatable bonds is 6. The molecule has 7 heteroatoms. The number of ketones is 1. The minimum Gasteiger partial charge on any atom is -0.342 e. The maximum atomic E-state index is 12.2. The Balaban J connectivity index is 1.65. The number of fused-ring (bicyclic) bond motifs is 1. The molecular formula is C17H17N3O3S. The number of imidazole rings is 1. The Bertz CT molecular complexity index is 943. The molecular weight excluding hydrogens is 326 g/mol. The van der Waals surface area contributed by atoms with Crippen molar-refractivity contribution in [2.24, 2.45) is 0 Å². The minimum atomic E-state index is -3.61. The molecule has 0 saturated heterocycles. The molecule has 0 aliphatic heterocycles. The summed E-state index contributed by atoms with van der Waals surface area (Å²) in [6, 6.07) is 13.5. The van der Waals surface area contributed by atoms with Crippen LogP contribution in [-0.2, 0) is 16.4 Å². The van der Waals surface area contributed by atoms with Crippen molar-refractivity contribution < 1.29 is 13.2 Å². The summed E-state index contributed by atoms with van der Waals surface area (Å²) in [6.07, 6.45) is 0.458. The molecule has 1 heterocycles. The molecule has 0 aliphatic carbocycles. The second kappa shape index (κ2) is 6.54. The molecule has 6 nitrogen and oxygen atoms in total. The zero-order chi connectivity index (χ0) is 17.2. The van der Waals surface area contributed by atoms with E-state index in [9.17, 15) is 13.2 Å². The number of Topliss-reactive ketones (excluding diaryl/α,β-unsaturated/α-hetero) is 1. The average Bonchev–Trinajstić information content (AvgIpc) is 2.97. The van der Waals surface area contributed by atoms with Crippen molar-refractivity contribution in [1.82, 2.24) is 14.7 Å². The number of para-hydroxylation sites is 2. The number of aromatic amines is 1. The Morgan fingerprint density at radius 3 is 2.50 bits per heavy atom. The average molecular weight is 343 g/mol. The highest BCUT2D eigenvalue weighted by molar-refractivity contribution is 7.89. The second-order valence-electron chi connectivity index (χ2n) is 5.43. The van der Waals surface area contributed by atoms with Crippen LogP contribution < -0.4 is 4.72 Å². The molecule has 0 bridgehead atoms. The maximum Gasteiger partial charge on any atom is 0.240 e.